The summed E-state index contributed by atoms with van der Waals surface area (Å²) in [6, 6.07) is 8.92. The number of benzene rings is 2. The molecular weight excluding hydrogens is 276 g/mol. The molecule has 0 aliphatic heterocycles. The molecule has 0 aliphatic rings. The molecule has 1 N–H and O–H groups in total. The highest BCUT2D eigenvalue weighted by atomic mass is 19.1. The van der Waals surface area contributed by atoms with E-state index in [1.54, 1.807) is 19.1 Å². The number of carboxylic acid groups (broad SMARTS) is 1. The predicted molar refractivity (Wildman–Crippen MR) is 77.2 cm³/mol. The fourth-order valence-electron chi connectivity index (χ4n) is 2.21. The second kappa shape index (κ2) is 5.91. The summed E-state index contributed by atoms with van der Waals surface area (Å²) in [5, 5.41) is 8.83. The van der Waals surface area contributed by atoms with Crippen LogP contribution in [0.15, 0.2) is 36.4 Å². The van der Waals surface area contributed by atoms with Crippen LogP contribution >= 0.6 is 0 Å². The number of anilines is 2. The van der Waals surface area contributed by atoms with Gasteiger partial charge in [0.1, 0.15) is 5.69 Å². The van der Waals surface area contributed by atoms with E-state index in [0.717, 1.165) is 17.7 Å². The van der Waals surface area contributed by atoms with Crippen LogP contribution in [0.25, 0.3) is 0 Å². The van der Waals surface area contributed by atoms with Gasteiger partial charge in [0.2, 0.25) is 0 Å². The molecule has 0 fully saturated rings. The highest BCUT2D eigenvalue weighted by Crippen LogP contribution is 2.31. The van der Waals surface area contributed by atoms with Crippen molar-refractivity contribution in [2.75, 3.05) is 11.4 Å². The van der Waals surface area contributed by atoms with Crippen LogP contribution in [0.3, 0.4) is 0 Å². The lowest BCUT2D eigenvalue weighted by molar-refractivity contribution is 0.0696. The van der Waals surface area contributed by atoms with Gasteiger partial charge in [-0.3, -0.25) is 0 Å². The van der Waals surface area contributed by atoms with Crippen LogP contribution in [0, 0.1) is 18.6 Å². The molecule has 21 heavy (non-hydrogen) atoms. The second-order valence-electron chi connectivity index (χ2n) is 4.68. The monoisotopic (exact) mass is 291 g/mol. The Kier molecular flexibility index (Phi) is 4.21. The molecule has 2 aromatic carbocycles. The Morgan fingerprint density at radius 2 is 1.81 bits per heavy atom. The highest BCUT2D eigenvalue weighted by molar-refractivity contribution is 5.88. The first-order valence-corrected chi connectivity index (χ1v) is 6.50. The van der Waals surface area contributed by atoms with Crippen LogP contribution in [0.4, 0.5) is 20.2 Å². The zero-order valence-electron chi connectivity index (χ0n) is 11.7. The molecule has 0 bridgehead atoms. The molecule has 2 aromatic rings. The van der Waals surface area contributed by atoms with Crippen molar-refractivity contribution in [1.29, 1.82) is 0 Å². The van der Waals surface area contributed by atoms with Crippen LogP contribution in [0.1, 0.15) is 22.8 Å². The predicted octanol–water partition coefficient (Wildman–Crippen LogP) is 4.13. The molecule has 0 unspecified atom stereocenters. The second-order valence-corrected chi connectivity index (χ2v) is 4.68. The number of aromatic carboxylic acids is 1. The van der Waals surface area contributed by atoms with Gasteiger partial charge in [0.15, 0.2) is 11.6 Å². The van der Waals surface area contributed by atoms with E-state index in [-0.39, 0.29) is 5.69 Å². The first-order chi connectivity index (χ1) is 9.93. The van der Waals surface area contributed by atoms with Crippen molar-refractivity contribution in [2.24, 2.45) is 0 Å². The van der Waals surface area contributed by atoms with Gasteiger partial charge in [-0.15, -0.1) is 0 Å². The van der Waals surface area contributed by atoms with Crippen molar-refractivity contribution in [3.63, 3.8) is 0 Å². The van der Waals surface area contributed by atoms with Crippen molar-refractivity contribution >= 4 is 17.3 Å². The average Bonchev–Trinajstić information content (AvgIpc) is 2.42. The van der Waals surface area contributed by atoms with Gasteiger partial charge in [0.05, 0.1) is 5.56 Å². The number of hydrogen-bond donors (Lipinski definition) is 1. The molecule has 0 radical (unpaired) electrons. The van der Waals surface area contributed by atoms with Gasteiger partial charge in [0, 0.05) is 12.2 Å². The molecule has 110 valence electrons. The summed E-state index contributed by atoms with van der Waals surface area (Å²) in [6.07, 6.45) is 0. The van der Waals surface area contributed by atoms with E-state index in [9.17, 15) is 13.6 Å². The summed E-state index contributed by atoms with van der Waals surface area (Å²) in [5.74, 6) is -3.15. The molecular formula is C16H15F2NO2. The highest BCUT2D eigenvalue weighted by Gasteiger charge is 2.20. The summed E-state index contributed by atoms with van der Waals surface area (Å²) in [5.41, 5.74) is 0.967. The average molecular weight is 291 g/mol. The number of hydrogen-bond acceptors (Lipinski definition) is 2. The van der Waals surface area contributed by atoms with Crippen LogP contribution < -0.4 is 4.90 Å². The lowest BCUT2D eigenvalue weighted by Gasteiger charge is -2.24. The lowest BCUT2D eigenvalue weighted by Crippen LogP contribution is -2.19. The Morgan fingerprint density at radius 1 is 1.19 bits per heavy atom. The molecule has 0 spiro atoms. The van der Waals surface area contributed by atoms with Crippen LogP contribution in [0.5, 0.6) is 0 Å². The normalized spacial score (nSPS) is 10.5. The van der Waals surface area contributed by atoms with E-state index in [4.69, 9.17) is 5.11 Å². The fraction of sp³-hybridized carbons (Fsp3) is 0.188. The fourth-order valence-corrected chi connectivity index (χ4v) is 2.21. The Hall–Kier alpha value is -2.43. The smallest absolute Gasteiger partial charge is 0.335 e. The van der Waals surface area contributed by atoms with Crippen molar-refractivity contribution < 1.29 is 18.7 Å². The Bertz CT molecular complexity index is 663. The molecule has 0 amide bonds. The van der Waals surface area contributed by atoms with Crippen LogP contribution in [-0.4, -0.2) is 17.6 Å². The minimum Gasteiger partial charge on any atom is -0.478 e. The number of nitrogens with zero attached hydrogens (tertiary/aromatic N) is 1. The largest absolute Gasteiger partial charge is 0.478 e. The van der Waals surface area contributed by atoms with Gasteiger partial charge < -0.3 is 10.0 Å². The van der Waals surface area contributed by atoms with Gasteiger partial charge in [-0.05, 0) is 43.7 Å². The number of halogens is 2. The van der Waals surface area contributed by atoms with E-state index in [1.807, 2.05) is 19.1 Å². The molecule has 3 nitrogen and oxygen atoms in total. The first-order valence-electron chi connectivity index (χ1n) is 6.50. The minimum atomic E-state index is -1.36. The summed E-state index contributed by atoms with van der Waals surface area (Å²) in [4.78, 5) is 12.3. The van der Waals surface area contributed by atoms with Gasteiger partial charge in [-0.2, -0.15) is 0 Å². The molecule has 0 saturated carbocycles. The van der Waals surface area contributed by atoms with E-state index < -0.39 is 23.2 Å². The molecule has 2 rings (SSSR count). The number of rotatable bonds is 4. The summed E-state index contributed by atoms with van der Waals surface area (Å²) >= 11 is 0. The summed E-state index contributed by atoms with van der Waals surface area (Å²) in [6.45, 7) is 4.01. The van der Waals surface area contributed by atoms with Crippen molar-refractivity contribution in [3.8, 4) is 0 Å². The van der Waals surface area contributed by atoms with Gasteiger partial charge >= 0.3 is 5.97 Å². The topological polar surface area (TPSA) is 40.5 Å². The Balaban J connectivity index is 2.55. The van der Waals surface area contributed by atoms with Gasteiger partial charge in [-0.25, -0.2) is 13.6 Å². The van der Waals surface area contributed by atoms with Crippen LogP contribution in [-0.2, 0) is 0 Å². The summed E-state index contributed by atoms with van der Waals surface area (Å²) < 4.78 is 28.3. The van der Waals surface area contributed by atoms with Gasteiger partial charge in [-0.1, -0.05) is 12.1 Å². The third kappa shape index (κ3) is 3.02. The van der Waals surface area contributed by atoms with E-state index >= 15 is 0 Å². The van der Waals surface area contributed by atoms with Crippen molar-refractivity contribution in [2.45, 2.75) is 13.8 Å². The quantitative estimate of drug-likeness (QED) is 0.920. The maximum atomic E-state index is 14.1. The zero-order chi connectivity index (χ0) is 15.6. The maximum Gasteiger partial charge on any atom is 0.335 e. The Morgan fingerprint density at radius 3 is 2.29 bits per heavy atom. The van der Waals surface area contributed by atoms with E-state index in [0.29, 0.717) is 12.2 Å². The van der Waals surface area contributed by atoms with Crippen LogP contribution in [0.2, 0.25) is 0 Å². The molecule has 0 atom stereocenters. The number of aryl methyl sites for hydroxylation is 1. The third-order valence-electron chi connectivity index (χ3n) is 3.16. The van der Waals surface area contributed by atoms with E-state index in [2.05, 4.69) is 0 Å². The lowest BCUT2D eigenvalue weighted by atomic mass is 10.1. The molecule has 0 aromatic heterocycles. The summed E-state index contributed by atoms with van der Waals surface area (Å²) in [7, 11) is 0. The molecule has 0 heterocycles. The van der Waals surface area contributed by atoms with Gasteiger partial charge in [0.25, 0.3) is 0 Å². The van der Waals surface area contributed by atoms with E-state index in [1.165, 1.54) is 4.90 Å². The molecule has 0 aliphatic carbocycles. The maximum absolute atomic E-state index is 14.1. The standard InChI is InChI=1S/C16H15F2NO2/c1-3-19(12-6-4-5-10(2)7-12)15-13(17)8-11(16(20)21)9-14(15)18/h4-9H,3H2,1-2H3,(H,20,21). The van der Waals surface area contributed by atoms with Crippen molar-refractivity contribution in [1.82, 2.24) is 0 Å². The zero-order valence-corrected chi connectivity index (χ0v) is 11.7. The first kappa shape index (κ1) is 15.0. The number of carbonyl (C=O) groups is 1. The molecule has 5 heteroatoms. The Labute approximate surface area is 121 Å². The van der Waals surface area contributed by atoms with Crippen molar-refractivity contribution in [3.05, 3.63) is 59.2 Å². The molecule has 0 saturated heterocycles. The minimum absolute atomic E-state index is 0.242. The number of carboxylic acids is 1. The SMILES string of the molecule is CCN(c1cccc(C)c1)c1c(F)cc(C(=O)O)cc1F. The third-order valence-corrected chi connectivity index (χ3v) is 3.16.